The van der Waals surface area contributed by atoms with E-state index in [1.807, 2.05) is 30.3 Å². The number of phenols is 1. The van der Waals surface area contributed by atoms with Gasteiger partial charge in [0.25, 0.3) is 5.91 Å². The van der Waals surface area contributed by atoms with Crippen molar-refractivity contribution in [3.63, 3.8) is 0 Å². The van der Waals surface area contributed by atoms with Crippen molar-refractivity contribution in [2.24, 2.45) is 0 Å². The number of aromatic hydroxyl groups is 1. The number of nitriles is 1. The van der Waals surface area contributed by atoms with Gasteiger partial charge in [0, 0.05) is 12.7 Å². The van der Waals surface area contributed by atoms with Crippen LogP contribution in [-0.2, 0) is 11.2 Å². The van der Waals surface area contributed by atoms with Crippen molar-refractivity contribution < 1.29 is 19.4 Å². The second-order valence-electron chi connectivity index (χ2n) is 6.25. The molecular formula is C21H21N3O4. The van der Waals surface area contributed by atoms with Crippen molar-refractivity contribution >= 4 is 5.91 Å². The summed E-state index contributed by atoms with van der Waals surface area (Å²) >= 11 is 0. The van der Waals surface area contributed by atoms with Crippen LogP contribution in [0.3, 0.4) is 0 Å². The van der Waals surface area contributed by atoms with E-state index < -0.39 is 5.91 Å². The molecule has 0 spiro atoms. The number of fused-ring (bicyclic) bond motifs is 1. The first-order valence-electron chi connectivity index (χ1n) is 8.94. The molecule has 1 heterocycles. The lowest BCUT2D eigenvalue weighted by molar-refractivity contribution is -0.117. The highest BCUT2D eigenvalue weighted by atomic mass is 16.6. The molecule has 144 valence electrons. The van der Waals surface area contributed by atoms with Gasteiger partial charge in [-0.25, -0.2) is 0 Å². The number of hydrogen-bond donors (Lipinski definition) is 3. The van der Waals surface area contributed by atoms with E-state index in [2.05, 4.69) is 10.6 Å². The van der Waals surface area contributed by atoms with Gasteiger partial charge in [0.05, 0.1) is 6.54 Å². The number of phenolic OH excluding ortho intramolecular Hbond substituents is 1. The quantitative estimate of drug-likeness (QED) is 0.501. The van der Waals surface area contributed by atoms with Gasteiger partial charge in [-0.3, -0.25) is 4.79 Å². The molecular weight excluding hydrogens is 358 g/mol. The normalized spacial score (nSPS) is 15.4. The van der Waals surface area contributed by atoms with Crippen LogP contribution in [0.5, 0.6) is 17.2 Å². The van der Waals surface area contributed by atoms with Crippen LogP contribution in [-0.4, -0.2) is 36.8 Å². The molecule has 3 N–H and O–H groups in total. The fourth-order valence-corrected chi connectivity index (χ4v) is 2.68. The summed E-state index contributed by atoms with van der Waals surface area (Å²) in [5.41, 5.74) is 0.969. The molecule has 0 aromatic heterocycles. The fraction of sp³-hybridized carbons (Fsp3) is 0.238. The highest BCUT2D eigenvalue weighted by molar-refractivity contribution is 5.97. The number of hydrogen-bond acceptors (Lipinski definition) is 6. The smallest absolute Gasteiger partial charge is 0.263 e. The third kappa shape index (κ3) is 5.17. The van der Waals surface area contributed by atoms with Gasteiger partial charge in [-0.15, -0.1) is 0 Å². The molecule has 3 rings (SSSR count). The highest BCUT2D eigenvalue weighted by Gasteiger charge is 2.20. The number of nitrogens with one attached hydrogen (secondary N) is 2. The summed E-state index contributed by atoms with van der Waals surface area (Å²) in [4.78, 5) is 12.1. The summed E-state index contributed by atoms with van der Waals surface area (Å²) in [6.07, 6.45) is 1.77. The van der Waals surface area contributed by atoms with E-state index in [1.54, 1.807) is 24.3 Å². The Morgan fingerprint density at radius 2 is 1.96 bits per heavy atom. The minimum atomic E-state index is -0.445. The zero-order valence-corrected chi connectivity index (χ0v) is 15.2. The first-order valence-corrected chi connectivity index (χ1v) is 8.94. The van der Waals surface area contributed by atoms with Crippen LogP contribution in [0, 0.1) is 11.3 Å². The zero-order valence-electron chi connectivity index (χ0n) is 15.2. The molecule has 2 aromatic carbocycles. The molecule has 0 saturated heterocycles. The Morgan fingerprint density at radius 3 is 2.71 bits per heavy atom. The molecule has 1 aliphatic rings. The van der Waals surface area contributed by atoms with Crippen molar-refractivity contribution in [2.45, 2.75) is 12.5 Å². The van der Waals surface area contributed by atoms with Crippen LogP contribution >= 0.6 is 0 Å². The Morgan fingerprint density at radius 1 is 1.21 bits per heavy atom. The third-order valence-electron chi connectivity index (χ3n) is 4.16. The number of benzene rings is 2. The largest absolute Gasteiger partial charge is 0.508 e. The van der Waals surface area contributed by atoms with E-state index >= 15 is 0 Å². The predicted molar refractivity (Wildman–Crippen MR) is 103 cm³/mol. The molecule has 1 unspecified atom stereocenters. The standard InChI is InChI=1S/C21H21N3O4/c22-11-16(21(26)24-10-9-15-5-7-17(25)8-6-15)12-23-13-18-14-27-19-3-1-2-4-20(19)28-18/h1-8,12,18,23,25H,9-10,13-14H2,(H,24,26)/b16-12-. The Hall–Kier alpha value is -3.66. The first kappa shape index (κ1) is 19.1. The topological polar surface area (TPSA) is 104 Å². The van der Waals surface area contributed by atoms with Gasteiger partial charge in [-0.05, 0) is 36.2 Å². The molecule has 0 bridgehead atoms. The molecule has 2 aromatic rings. The summed E-state index contributed by atoms with van der Waals surface area (Å²) < 4.78 is 11.4. The fourth-order valence-electron chi connectivity index (χ4n) is 2.68. The maximum Gasteiger partial charge on any atom is 0.263 e. The molecule has 1 aliphatic heterocycles. The molecule has 7 nitrogen and oxygen atoms in total. The van der Waals surface area contributed by atoms with Gasteiger partial charge in [-0.1, -0.05) is 24.3 Å². The minimum Gasteiger partial charge on any atom is -0.508 e. The van der Waals surface area contributed by atoms with Gasteiger partial charge in [-0.2, -0.15) is 5.26 Å². The number of para-hydroxylation sites is 2. The van der Waals surface area contributed by atoms with Crippen molar-refractivity contribution in [3.8, 4) is 23.3 Å². The monoisotopic (exact) mass is 379 g/mol. The SMILES string of the molecule is N#C/C(=C/NCC1COc2ccccc2O1)C(=O)NCCc1ccc(O)cc1. The Kier molecular flexibility index (Phi) is 6.37. The number of ether oxygens (including phenoxy) is 2. The second kappa shape index (κ2) is 9.33. The van der Waals surface area contributed by atoms with E-state index in [0.29, 0.717) is 37.6 Å². The molecule has 0 aliphatic carbocycles. The van der Waals surface area contributed by atoms with Gasteiger partial charge < -0.3 is 25.2 Å². The number of carbonyl (C=O) groups is 1. The lowest BCUT2D eigenvalue weighted by atomic mass is 10.1. The Bertz CT molecular complexity index is 887. The number of rotatable bonds is 7. The molecule has 0 saturated carbocycles. The number of amides is 1. The van der Waals surface area contributed by atoms with Crippen molar-refractivity contribution in [1.82, 2.24) is 10.6 Å². The van der Waals surface area contributed by atoms with Gasteiger partial charge in [0.1, 0.15) is 30.1 Å². The first-order chi connectivity index (χ1) is 13.7. The Balaban J connectivity index is 1.44. The van der Waals surface area contributed by atoms with Crippen molar-refractivity contribution in [3.05, 3.63) is 65.9 Å². The van der Waals surface area contributed by atoms with E-state index in [1.165, 1.54) is 6.20 Å². The van der Waals surface area contributed by atoms with Crippen LogP contribution in [0.15, 0.2) is 60.3 Å². The summed E-state index contributed by atoms with van der Waals surface area (Å²) in [7, 11) is 0. The lowest BCUT2D eigenvalue weighted by Gasteiger charge is -2.26. The van der Waals surface area contributed by atoms with Crippen molar-refractivity contribution in [2.75, 3.05) is 19.7 Å². The van der Waals surface area contributed by atoms with E-state index in [9.17, 15) is 15.2 Å². The summed E-state index contributed by atoms with van der Waals surface area (Å²) in [5.74, 6) is 1.14. The minimum absolute atomic E-state index is 0.0113. The molecule has 7 heteroatoms. The van der Waals surface area contributed by atoms with Gasteiger partial charge in [0.15, 0.2) is 11.5 Å². The molecule has 0 fully saturated rings. The zero-order chi connectivity index (χ0) is 19.8. The summed E-state index contributed by atoms with van der Waals surface area (Å²) in [6, 6.07) is 16.1. The highest BCUT2D eigenvalue weighted by Crippen LogP contribution is 2.30. The van der Waals surface area contributed by atoms with E-state index in [0.717, 1.165) is 5.56 Å². The summed E-state index contributed by atoms with van der Waals surface area (Å²) in [6.45, 7) is 1.18. The van der Waals surface area contributed by atoms with Crippen LogP contribution in [0.4, 0.5) is 0 Å². The average Bonchev–Trinajstić information content (AvgIpc) is 2.72. The van der Waals surface area contributed by atoms with Gasteiger partial charge in [0.2, 0.25) is 0 Å². The third-order valence-corrected chi connectivity index (χ3v) is 4.16. The van der Waals surface area contributed by atoms with Crippen molar-refractivity contribution in [1.29, 1.82) is 5.26 Å². The van der Waals surface area contributed by atoms with Gasteiger partial charge >= 0.3 is 0 Å². The molecule has 28 heavy (non-hydrogen) atoms. The predicted octanol–water partition coefficient (Wildman–Crippen LogP) is 1.89. The van der Waals surface area contributed by atoms with E-state index in [4.69, 9.17) is 9.47 Å². The number of nitrogens with zero attached hydrogens (tertiary/aromatic N) is 1. The second-order valence-corrected chi connectivity index (χ2v) is 6.25. The van der Waals surface area contributed by atoms with Crippen LogP contribution in [0.25, 0.3) is 0 Å². The van der Waals surface area contributed by atoms with Crippen LogP contribution in [0.1, 0.15) is 5.56 Å². The number of carbonyl (C=O) groups excluding carboxylic acids is 1. The van der Waals surface area contributed by atoms with Crippen LogP contribution in [0.2, 0.25) is 0 Å². The van der Waals surface area contributed by atoms with Crippen LogP contribution < -0.4 is 20.1 Å². The molecule has 1 atom stereocenters. The Labute approximate surface area is 163 Å². The molecule has 1 amide bonds. The molecule has 0 radical (unpaired) electrons. The maximum absolute atomic E-state index is 12.1. The maximum atomic E-state index is 12.1. The lowest BCUT2D eigenvalue weighted by Crippen LogP contribution is -2.37. The average molecular weight is 379 g/mol. The summed E-state index contributed by atoms with van der Waals surface area (Å²) in [5, 5.41) is 24.1. The van der Waals surface area contributed by atoms with E-state index in [-0.39, 0.29) is 17.4 Å².